The number of nitrogens with one attached hydrogen (secondary N) is 2. The van der Waals surface area contributed by atoms with Crippen molar-refractivity contribution in [1.29, 1.82) is 0 Å². The third kappa shape index (κ3) is 6.28. The zero-order valence-corrected chi connectivity index (χ0v) is 19.3. The standard InChI is InChI=1S/C25H28N4O5/c1-3-15-26-22(30)14-13-20-24(32)29(21-8-6-5-7-19(21)28-20)16-23(31)27-18-11-9-17(10-12-18)25(33)34-4-2/h5-12H,3-4,13-16H2,1-2H3,(H,26,30)(H,27,31). The molecule has 0 fully saturated rings. The number of aromatic nitrogens is 2. The van der Waals surface area contributed by atoms with Crippen molar-refractivity contribution in [3.8, 4) is 0 Å². The van der Waals surface area contributed by atoms with E-state index in [-0.39, 0.29) is 37.6 Å². The minimum absolute atomic E-state index is 0.138. The molecule has 3 aromatic rings. The highest BCUT2D eigenvalue weighted by Crippen LogP contribution is 2.13. The number of esters is 1. The van der Waals surface area contributed by atoms with Gasteiger partial charge in [-0.3, -0.25) is 19.0 Å². The molecule has 2 N–H and O–H groups in total. The van der Waals surface area contributed by atoms with Crippen molar-refractivity contribution < 1.29 is 19.1 Å². The number of hydrogen-bond donors (Lipinski definition) is 2. The number of para-hydroxylation sites is 2. The number of nitrogens with zero attached hydrogens (tertiary/aromatic N) is 2. The molecule has 0 saturated heterocycles. The largest absolute Gasteiger partial charge is 0.462 e. The number of aryl methyl sites for hydroxylation is 1. The molecule has 0 saturated carbocycles. The maximum atomic E-state index is 13.1. The third-order valence-electron chi connectivity index (χ3n) is 5.06. The van der Waals surface area contributed by atoms with Crippen molar-refractivity contribution in [3.05, 3.63) is 70.1 Å². The summed E-state index contributed by atoms with van der Waals surface area (Å²) in [6, 6.07) is 13.4. The first-order valence-electron chi connectivity index (χ1n) is 11.2. The van der Waals surface area contributed by atoms with E-state index >= 15 is 0 Å². The predicted octanol–water partition coefficient (Wildman–Crippen LogP) is 2.67. The molecule has 9 heteroatoms. The van der Waals surface area contributed by atoms with Crippen molar-refractivity contribution in [3.63, 3.8) is 0 Å². The number of ether oxygens (including phenoxy) is 1. The summed E-state index contributed by atoms with van der Waals surface area (Å²) in [6.07, 6.45) is 1.14. The summed E-state index contributed by atoms with van der Waals surface area (Å²) in [5, 5.41) is 5.52. The SMILES string of the molecule is CCCNC(=O)CCc1nc2ccccc2n(CC(=O)Nc2ccc(C(=O)OCC)cc2)c1=O. The van der Waals surface area contributed by atoms with Crippen LogP contribution in [-0.4, -0.2) is 40.5 Å². The van der Waals surface area contributed by atoms with E-state index < -0.39 is 17.4 Å². The number of amides is 2. The van der Waals surface area contributed by atoms with Crippen molar-refractivity contribution in [1.82, 2.24) is 14.9 Å². The summed E-state index contributed by atoms with van der Waals surface area (Å²) in [5.74, 6) is -0.994. The molecule has 0 spiro atoms. The molecule has 1 heterocycles. The lowest BCUT2D eigenvalue weighted by Gasteiger charge is -2.13. The molecule has 0 aliphatic carbocycles. The van der Waals surface area contributed by atoms with Crippen molar-refractivity contribution in [2.24, 2.45) is 0 Å². The van der Waals surface area contributed by atoms with Gasteiger partial charge in [0.05, 0.1) is 23.2 Å². The Hall–Kier alpha value is -4.01. The summed E-state index contributed by atoms with van der Waals surface area (Å²) in [6.45, 7) is 4.32. The van der Waals surface area contributed by atoms with Gasteiger partial charge in [-0.1, -0.05) is 19.1 Å². The Kier molecular flexibility index (Phi) is 8.50. The van der Waals surface area contributed by atoms with Gasteiger partial charge in [0.1, 0.15) is 12.2 Å². The molecular formula is C25H28N4O5. The number of hydrogen-bond acceptors (Lipinski definition) is 6. The third-order valence-corrected chi connectivity index (χ3v) is 5.06. The molecule has 0 aliphatic rings. The van der Waals surface area contributed by atoms with Crippen LogP contribution >= 0.6 is 0 Å². The molecule has 2 aromatic carbocycles. The van der Waals surface area contributed by atoms with E-state index in [0.29, 0.717) is 28.8 Å². The fourth-order valence-electron chi connectivity index (χ4n) is 3.40. The van der Waals surface area contributed by atoms with Gasteiger partial charge in [0.15, 0.2) is 0 Å². The van der Waals surface area contributed by atoms with Gasteiger partial charge in [-0.05, 0) is 49.7 Å². The minimum Gasteiger partial charge on any atom is -0.462 e. The van der Waals surface area contributed by atoms with Gasteiger partial charge in [-0.25, -0.2) is 9.78 Å². The Morgan fingerprint density at radius 1 is 1.00 bits per heavy atom. The molecule has 0 radical (unpaired) electrons. The summed E-state index contributed by atoms with van der Waals surface area (Å²) in [4.78, 5) is 54.1. The highest BCUT2D eigenvalue weighted by atomic mass is 16.5. The molecule has 1 aromatic heterocycles. The van der Waals surface area contributed by atoms with Crippen LogP contribution in [0.3, 0.4) is 0 Å². The van der Waals surface area contributed by atoms with E-state index in [1.54, 1.807) is 55.5 Å². The van der Waals surface area contributed by atoms with Crippen LogP contribution in [-0.2, 0) is 27.3 Å². The molecule has 3 rings (SSSR count). The van der Waals surface area contributed by atoms with E-state index in [4.69, 9.17) is 4.74 Å². The van der Waals surface area contributed by atoms with Crippen LogP contribution in [0, 0.1) is 0 Å². The quantitative estimate of drug-likeness (QED) is 0.445. The molecule has 178 valence electrons. The second-order valence-corrected chi connectivity index (χ2v) is 7.63. The second kappa shape index (κ2) is 11.7. The van der Waals surface area contributed by atoms with Gasteiger partial charge in [-0.2, -0.15) is 0 Å². The van der Waals surface area contributed by atoms with E-state index in [1.807, 2.05) is 6.92 Å². The lowest BCUT2D eigenvalue weighted by molar-refractivity contribution is -0.121. The Morgan fingerprint density at radius 2 is 1.74 bits per heavy atom. The molecule has 0 aliphatic heterocycles. The Balaban J connectivity index is 1.78. The maximum Gasteiger partial charge on any atom is 0.338 e. The molecule has 34 heavy (non-hydrogen) atoms. The zero-order valence-electron chi connectivity index (χ0n) is 19.3. The molecule has 2 amide bonds. The van der Waals surface area contributed by atoms with Gasteiger partial charge in [0.25, 0.3) is 5.56 Å². The minimum atomic E-state index is -0.439. The van der Waals surface area contributed by atoms with Gasteiger partial charge in [-0.15, -0.1) is 0 Å². The van der Waals surface area contributed by atoms with Crippen LogP contribution in [0.1, 0.15) is 42.7 Å². The zero-order chi connectivity index (χ0) is 24.5. The number of benzene rings is 2. The lowest BCUT2D eigenvalue weighted by Crippen LogP contribution is -2.32. The average molecular weight is 465 g/mol. The lowest BCUT2D eigenvalue weighted by atomic mass is 10.2. The fraction of sp³-hybridized carbons (Fsp3) is 0.320. The molecule has 0 atom stereocenters. The second-order valence-electron chi connectivity index (χ2n) is 7.63. The van der Waals surface area contributed by atoms with Crippen LogP contribution in [0.5, 0.6) is 0 Å². The molecular weight excluding hydrogens is 436 g/mol. The smallest absolute Gasteiger partial charge is 0.338 e. The first kappa shape index (κ1) is 24.6. The van der Waals surface area contributed by atoms with Crippen LogP contribution in [0.25, 0.3) is 11.0 Å². The number of carbonyl (C=O) groups excluding carboxylic acids is 3. The normalized spacial score (nSPS) is 10.6. The Labute approximate surface area is 197 Å². The summed E-state index contributed by atoms with van der Waals surface area (Å²) >= 11 is 0. The summed E-state index contributed by atoms with van der Waals surface area (Å²) in [7, 11) is 0. The van der Waals surface area contributed by atoms with Crippen molar-refractivity contribution >= 4 is 34.5 Å². The summed E-state index contributed by atoms with van der Waals surface area (Å²) in [5.41, 5.74) is 1.78. The monoisotopic (exact) mass is 464 g/mol. The highest BCUT2D eigenvalue weighted by molar-refractivity contribution is 5.93. The fourth-order valence-corrected chi connectivity index (χ4v) is 3.40. The molecule has 0 bridgehead atoms. The topological polar surface area (TPSA) is 119 Å². The first-order valence-corrected chi connectivity index (χ1v) is 11.2. The van der Waals surface area contributed by atoms with Crippen LogP contribution < -0.4 is 16.2 Å². The summed E-state index contributed by atoms with van der Waals surface area (Å²) < 4.78 is 6.32. The van der Waals surface area contributed by atoms with E-state index in [9.17, 15) is 19.2 Å². The van der Waals surface area contributed by atoms with Gasteiger partial charge in [0.2, 0.25) is 11.8 Å². The van der Waals surface area contributed by atoms with Crippen LogP contribution in [0.4, 0.5) is 5.69 Å². The van der Waals surface area contributed by atoms with E-state index in [0.717, 1.165) is 6.42 Å². The van der Waals surface area contributed by atoms with Gasteiger partial charge < -0.3 is 15.4 Å². The average Bonchev–Trinajstić information content (AvgIpc) is 2.84. The van der Waals surface area contributed by atoms with E-state index in [1.165, 1.54) is 4.57 Å². The number of carbonyl (C=O) groups is 3. The van der Waals surface area contributed by atoms with Crippen LogP contribution in [0.15, 0.2) is 53.3 Å². The van der Waals surface area contributed by atoms with E-state index in [2.05, 4.69) is 15.6 Å². The Morgan fingerprint density at radius 3 is 2.44 bits per heavy atom. The molecule has 0 unspecified atom stereocenters. The predicted molar refractivity (Wildman–Crippen MR) is 129 cm³/mol. The van der Waals surface area contributed by atoms with Crippen LogP contribution in [0.2, 0.25) is 0 Å². The maximum absolute atomic E-state index is 13.1. The number of rotatable bonds is 10. The first-order chi connectivity index (χ1) is 16.4. The number of fused-ring (bicyclic) bond motifs is 1. The van der Waals surface area contributed by atoms with Crippen molar-refractivity contribution in [2.45, 2.75) is 39.7 Å². The van der Waals surface area contributed by atoms with Crippen molar-refractivity contribution in [2.75, 3.05) is 18.5 Å². The highest BCUT2D eigenvalue weighted by Gasteiger charge is 2.15. The van der Waals surface area contributed by atoms with Gasteiger partial charge >= 0.3 is 5.97 Å². The number of anilines is 1. The van der Waals surface area contributed by atoms with Gasteiger partial charge in [0, 0.05) is 25.1 Å². The molecule has 9 nitrogen and oxygen atoms in total. The Bertz CT molecular complexity index is 1230.